The van der Waals surface area contributed by atoms with Crippen LogP contribution in [0, 0.1) is 10.5 Å². The minimum Gasteiger partial charge on any atom is -0.490 e. The molecule has 0 radical (unpaired) electrons. The molecule has 1 aliphatic rings. The second kappa shape index (κ2) is 10.9. The molecule has 0 amide bonds. The van der Waals surface area contributed by atoms with Crippen LogP contribution in [0.25, 0.3) is 6.08 Å². The highest BCUT2D eigenvalue weighted by atomic mass is 127. The zero-order valence-electron chi connectivity index (χ0n) is 18.4. The number of halogens is 3. The van der Waals surface area contributed by atoms with Crippen molar-refractivity contribution < 1.29 is 19.0 Å². The zero-order valence-corrected chi connectivity index (χ0v) is 22.9. The van der Waals surface area contributed by atoms with E-state index < -0.39 is 5.97 Å². The largest absolute Gasteiger partial charge is 0.490 e. The van der Waals surface area contributed by atoms with E-state index >= 15 is 0 Å². The number of aliphatic imine (C=N–C) groups is 1. The first-order valence-corrected chi connectivity index (χ1v) is 12.7. The van der Waals surface area contributed by atoms with E-state index in [-0.39, 0.29) is 11.6 Å². The van der Waals surface area contributed by atoms with Gasteiger partial charge in [0.25, 0.3) is 0 Å². The summed E-state index contributed by atoms with van der Waals surface area (Å²) in [7, 11) is 0. The summed E-state index contributed by atoms with van der Waals surface area (Å²) in [6, 6.07) is 17.3. The fourth-order valence-electron chi connectivity index (χ4n) is 3.26. The molecule has 0 saturated carbocycles. The maximum absolute atomic E-state index is 12.5. The molecule has 4 rings (SSSR count). The number of nitrogens with zero attached hydrogens (tertiary/aromatic N) is 1. The van der Waals surface area contributed by atoms with Gasteiger partial charge in [-0.3, -0.25) is 0 Å². The van der Waals surface area contributed by atoms with E-state index in [1.807, 2.05) is 62.4 Å². The lowest BCUT2D eigenvalue weighted by molar-refractivity contribution is -0.129. The summed E-state index contributed by atoms with van der Waals surface area (Å²) in [6.45, 7) is 4.81. The van der Waals surface area contributed by atoms with Crippen LogP contribution < -0.4 is 9.47 Å². The lowest BCUT2D eigenvalue weighted by Crippen LogP contribution is -2.06. The molecular formula is C26H20BrClINO4. The molecule has 0 aliphatic carbocycles. The van der Waals surface area contributed by atoms with Gasteiger partial charge < -0.3 is 14.2 Å². The summed E-state index contributed by atoms with van der Waals surface area (Å²) in [5.41, 5.74) is 3.70. The number of hydrogen-bond donors (Lipinski definition) is 0. The molecule has 0 saturated heterocycles. The standard InChI is InChI=1S/C26H20BrClINO4/c1-3-32-23-12-17(10-20(27)24(23)33-14-16-6-4-15(2)5-7-16)11-22-26(31)34-25(30-22)19-13-18(29)8-9-21(19)28/h4-13H,3,14H2,1-2H3/b22-11-. The number of cyclic esters (lactones) is 1. The third-order valence-electron chi connectivity index (χ3n) is 4.92. The lowest BCUT2D eigenvalue weighted by atomic mass is 10.1. The minimum absolute atomic E-state index is 0.174. The van der Waals surface area contributed by atoms with Crippen LogP contribution in [-0.4, -0.2) is 18.5 Å². The quantitative estimate of drug-likeness (QED) is 0.152. The summed E-state index contributed by atoms with van der Waals surface area (Å²) < 4.78 is 18.9. The van der Waals surface area contributed by atoms with Crippen molar-refractivity contribution in [1.82, 2.24) is 0 Å². The highest BCUT2D eigenvalue weighted by Gasteiger charge is 2.26. The van der Waals surface area contributed by atoms with Gasteiger partial charge in [0.1, 0.15) is 6.61 Å². The fraction of sp³-hybridized carbons (Fsp3) is 0.154. The lowest BCUT2D eigenvalue weighted by Gasteiger charge is -2.15. The van der Waals surface area contributed by atoms with Gasteiger partial charge in [-0.1, -0.05) is 41.4 Å². The maximum Gasteiger partial charge on any atom is 0.363 e. The van der Waals surface area contributed by atoms with E-state index in [0.29, 0.717) is 45.3 Å². The van der Waals surface area contributed by atoms with Gasteiger partial charge in [-0.15, -0.1) is 0 Å². The predicted octanol–water partition coefficient (Wildman–Crippen LogP) is 7.34. The Kier molecular flexibility index (Phi) is 7.95. The molecular weight excluding hydrogens is 633 g/mol. The van der Waals surface area contributed by atoms with Crippen molar-refractivity contribution >= 4 is 68.1 Å². The van der Waals surface area contributed by atoms with Gasteiger partial charge in [0.2, 0.25) is 5.90 Å². The Morgan fingerprint density at radius 1 is 1.12 bits per heavy atom. The number of hydrogen-bond acceptors (Lipinski definition) is 5. The molecule has 0 unspecified atom stereocenters. The number of carbonyl (C=O) groups is 1. The van der Waals surface area contributed by atoms with Crippen LogP contribution in [0.1, 0.15) is 29.2 Å². The minimum atomic E-state index is -0.543. The molecule has 0 N–H and O–H groups in total. The highest BCUT2D eigenvalue weighted by molar-refractivity contribution is 14.1. The van der Waals surface area contributed by atoms with Crippen molar-refractivity contribution in [3.05, 3.63) is 95.6 Å². The van der Waals surface area contributed by atoms with Crippen LogP contribution in [0.15, 0.2) is 69.8 Å². The number of rotatable bonds is 7. The summed E-state index contributed by atoms with van der Waals surface area (Å²) >= 11 is 12.0. The Balaban J connectivity index is 1.62. The molecule has 0 bridgehead atoms. The van der Waals surface area contributed by atoms with Gasteiger partial charge in [0.15, 0.2) is 17.2 Å². The number of ether oxygens (including phenoxy) is 3. The van der Waals surface area contributed by atoms with E-state index in [2.05, 4.69) is 43.5 Å². The Labute approximate surface area is 225 Å². The van der Waals surface area contributed by atoms with Crippen LogP contribution in [0.2, 0.25) is 5.02 Å². The van der Waals surface area contributed by atoms with Crippen molar-refractivity contribution in [1.29, 1.82) is 0 Å². The number of aryl methyl sites for hydroxylation is 1. The first-order valence-electron chi connectivity index (χ1n) is 10.5. The summed E-state index contributed by atoms with van der Waals surface area (Å²) in [5, 5.41) is 0.463. The van der Waals surface area contributed by atoms with Crippen LogP contribution in [-0.2, 0) is 16.1 Å². The van der Waals surface area contributed by atoms with E-state index in [9.17, 15) is 4.79 Å². The SMILES string of the molecule is CCOc1cc(/C=C2\N=C(c3cc(I)ccc3Cl)OC2=O)cc(Br)c1OCc1ccc(C)cc1. The van der Waals surface area contributed by atoms with Crippen molar-refractivity contribution in [2.24, 2.45) is 4.99 Å². The first-order chi connectivity index (χ1) is 16.3. The molecule has 1 heterocycles. The third kappa shape index (κ3) is 5.82. The molecule has 0 fully saturated rings. The van der Waals surface area contributed by atoms with Gasteiger partial charge in [-0.2, -0.15) is 0 Å². The highest BCUT2D eigenvalue weighted by Crippen LogP contribution is 2.38. The predicted molar refractivity (Wildman–Crippen MR) is 146 cm³/mol. The van der Waals surface area contributed by atoms with Gasteiger partial charge in [-0.05, 0) is 99.9 Å². The van der Waals surface area contributed by atoms with Crippen LogP contribution in [0.3, 0.4) is 0 Å². The van der Waals surface area contributed by atoms with Gasteiger partial charge in [-0.25, -0.2) is 9.79 Å². The monoisotopic (exact) mass is 651 g/mol. The van der Waals surface area contributed by atoms with Gasteiger partial charge >= 0.3 is 5.97 Å². The molecule has 0 atom stereocenters. The van der Waals surface area contributed by atoms with E-state index in [1.165, 1.54) is 5.56 Å². The average molecular weight is 653 g/mol. The Morgan fingerprint density at radius 2 is 1.88 bits per heavy atom. The third-order valence-corrected chi connectivity index (χ3v) is 6.51. The average Bonchev–Trinajstić information content (AvgIpc) is 3.16. The molecule has 5 nitrogen and oxygen atoms in total. The maximum atomic E-state index is 12.5. The van der Waals surface area contributed by atoms with Crippen LogP contribution in [0.5, 0.6) is 11.5 Å². The number of esters is 1. The Hall–Kier alpha value is -2.36. The summed E-state index contributed by atoms with van der Waals surface area (Å²) in [4.78, 5) is 16.9. The van der Waals surface area contributed by atoms with Crippen molar-refractivity contribution in [3.63, 3.8) is 0 Å². The number of carbonyl (C=O) groups excluding carboxylic acids is 1. The van der Waals surface area contributed by atoms with Gasteiger partial charge in [0.05, 0.1) is 21.7 Å². The number of benzene rings is 3. The van der Waals surface area contributed by atoms with E-state index in [4.69, 9.17) is 25.8 Å². The molecule has 0 aromatic heterocycles. The van der Waals surface area contributed by atoms with Crippen LogP contribution in [0.4, 0.5) is 0 Å². The summed E-state index contributed by atoms with van der Waals surface area (Å²) in [5.74, 6) is 0.793. The molecule has 0 spiro atoms. The molecule has 3 aromatic carbocycles. The first kappa shape index (κ1) is 24.8. The Bertz CT molecular complexity index is 1300. The van der Waals surface area contributed by atoms with Crippen LogP contribution >= 0.6 is 50.1 Å². The van der Waals surface area contributed by atoms with Crippen molar-refractivity contribution in [3.8, 4) is 11.5 Å². The molecule has 34 heavy (non-hydrogen) atoms. The molecule has 1 aliphatic heterocycles. The Morgan fingerprint density at radius 3 is 2.62 bits per heavy atom. The van der Waals surface area contributed by atoms with Crippen molar-refractivity contribution in [2.45, 2.75) is 20.5 Å². The van der Waals surface area contributed by atoms with E-state index in [0.717, 1.165) is 9.13 Å². The molecule has 3 aromatic rings. The smallest absolute Gasteiger partial charge is 0.363 e. The second-order valence-electron chi connectivity index (χ2n) is 7.50. The zero-order chi connectivity index (χ0) is 24.2. The van der Waals surface area contributed by atoms with Crippen molar-refractivity contribution in [2.75, 3.05) is 6.61 Å². The van der Waals surface area contributed by atoms with E-state index in [1.54, 1.807) is 12.1 Å². The second-order valence-corrected chi connectivity index (χ2v) is 10.0. The normalized spacial score (nSPS) is 14.2. The van der Waals surface area contributed by atoms with Gasteiger partial charge in [0, 0.05) is 3.57 Å². The topological polar surface area (TPSA) is 57.1 Å². The summed E-state index contributed by atoms with van der Waals surface area (Å²) in [6.07, 6.45) is 1.65. The molecule has 8 heteroatoms. The molecule has 174 valence electrons. The fourth-order valence-corrected chi connectivity index (χ4v) is 4.52.